The Morgan fingerprint density at radius 1 is 1.27 bits per heavy atom. The Bertz CT molecular complexity index is 727. The normalized spacial score (nSPS) is 14.2. The first-order valence-corrected chi connectivity index (χ1v) is 9.35. The van der Waals surface area contributed by atoms with Crippen LogP contribution in [-0.4, -0.2) is 52.1 Å². The van der Waals surface area contributed by atoms with E-state index in [1.54, 1.807) is 11.6 Å². The van der Waals surface area contributed by atoms with Crippen molar-refractivity contribution < 1.29 is 14.6 Å². The number of aromatic nitrogens is 2. The van der Waals surface area contributed by atoms with Gasteiger partial charge in [-0.2, -0.15) is 5.10 Å². The van der Waals surface area contributed by atoms with Crippen LogP contribution in [0.15, 0.2) is 30.3 Å². The van der Waals surface area contributed by atoms with Crippen LogP contribution in [-0.2, 0) is 30.7 Å². The van der Waals surface area contributed by atoms with E-state index in [9.17, 15) is 9.90 Å². The number of fused-ring (bicyclic) bond motifs is 1. The highest BCUT2D eigenvalue weighted by molar-refractivity contribution is 5.89. The van der Waals surface area contributed by atoms with Crippen molar-refractivity contribution in [3.63, 3.8) is 0 Å². The molecular formula is C20H27N3O3. The number of hydrogen-bond acceptors (Lipinski definition) is 5. The van der Waals surface area contributed by atoms with Gasteiger partial charge in [-0.3, -0.25) is 9.58 Å². The summed E-state index contributed by atoms with van der Waals surface area (Å²) in [5, 5.41) is 13.7. The van der Waals surface area contributed by atoms with Gasteiger partial charge < -0.3 is 9.84 Å². The van der Waals surface area contributed by atoms with E-state index in [1.807, 2.05) is 6.07 Å². The molecule has 0 aliphatic carbocycles. The fraction of sp³-hybridized carbons (Fsp3) is 0.500. The second-order valence-corrected chi connectivity index (χ2v) is 6.56. The smallest absolute Gasteiger partial charge is 0.359 e. The molecule has 0 unspecified atom stereocenters. The predicted octanol–water partition coefficient (Wildman–Crippen LogP) is 2.04. The quantitative estimate of drug-likeness (QED) is 0.733. The molecule has 1 aromatic carbocycles. The standard InChI is InChI=1S/C20H27N3O3/c1-2-26-20(25)19-17-15-22(11-6-9-16-7-4-3-5-8-16)12-10-18(17)23(21-19)13-14-24/h3-5,7-8,24H,2,6,9-15H2,1H3. The minimum absolute atomic E-state index is 0.0111. The first-order valence-electron chi connectivity index (χ1n) is 9.35. The Morgan fingerprint density at radius 2 is 2.08 bits per heavy atom. The van der Waals surface area contributed by atoms with Gasteiger partial charge in [-0.25, -0.2) is 4.79 Å². The average Bonchev–Trinajstić information content (AvgIpc) is 3.01. The van der Waals surface area contributed by atoms with Gasteiger partial charge in [-0.15, -0.1) is 0 Å². The summed E-state index contributed by atoms with van der Waals surface area (Å²) in [6.07, 6.45) is 2.98. The average molecular weight is 357 g/mol. The zero-order chi connectivity index (χ0) is 18.4. The van der Waals surface area contributed by atoms with Crippen LogP contribution in [0.3, 0.4) is 0 Å². The summed E-state index contributed by atoms with van der Waals surface area (Å²) in [4.78, 5) is 14.6. The molecule has 0 fully saturated rings. The van der Waals surface area contributed by atoms with E-state index in [1.165, 1.54) is 5.56 Å². The molecule has 140 valence electrons. The molecule has 0 bridgehead atoms. The van der Waals surface area contributed by atoms with E-state index in [0.717, 1.165) is 43.6 Å². The monoisotopic (exact) mass is 357 g/mol. The van der Waals surface area contributed by atoms with E-state index < -0.39 is 0 Å². The zero-order valence-corrected chi connectivity index (χ0v) is 15.4. The van der Waals surface area contributed by atoms with Crippen molar-refractivity contribution in [3.05, 3.63) is 52.8 Å². The molecule has 2 heterocycles. The van der Waals surface area contributed by atoms with E-state index in [-0.39, 0.29) is 12.6 Å². The highest BCUT2D eigenvalue weighted by atomic mass is 16.5. The molecule has 1 aliphatic heterocycles. The van der Waals surface area contributed by atoms with Gasteiger partial charge in [-0.1, -0.05) is 30.3 Å². The van der Waals surface area contributed by atoms with Crippen molar-refractivity contribution >= 4 is 5.97 Å². The molecule has 1 aromatic heterocycles. The van der Waals surface area contributed by atoms with Crippen molar-refractivity contribution in [2.24, 2.45) is 0 Å². The fourth-order valence-electron chi connectivity index (χ4n) is 3.53. The van der Waals surface area contributed by atoms with E-state index in [0.29, 0.717) is 25.4 Å². The second kappa shape index (κ2) is 8.96. The Kier molecular flexibility index (Phi) is 6.41. The minimum Gasteiger partial charge on any atom is -0.461 e. The van der Waals surface area contributed by atoms with Gasteiger partial charge in [-0.05, 0) is 31.9 Å². The lowest BCUT2D eigenvalue weighted by Crippen LogP contribution is -2.33. The van der Waals surface area contributed by atoms with Crippen LogP contribution >= 0.6 is 0 Å². The summed E-state index contributed by atoms with van der Waals surface area (Å²) in [6.45, 7) is 5.20. The largest absolute Gasteiger partial charge is 0.461 e. The van der Waals surface area contributed by atoms with Crippen LogP contribution in [0.25, 0.3) is 0 Å². The Labute approximate surface area is 154 Å². The van der Waals surface area contributed by atoms with Crippen LogP contribution in [0.1, 0.15) is 40.7 Å². The molecular weight excluding hydrogens is 330 g/mol. The van der Waals surface area contributed by atoms with Crippen LogP contribution in [0.4, 0.5) is 0 Å². The molecule has 1 N–H and O–H groups in total. The molecule has 6 heteroatoms. The lowest BCUT2D eigenvalue weighted by atomic mass is 10.0. The molecule has 0 spiro atoms. The van der Waals surface area contributed by atoms with E-state index >= 15 is 0 Å². The summed E-state index contributed by atoms with van der Waals surface area (Å²) >= 11 is 0. The molecule has 0 saturated heterocycles. The van der Waals surface area contributed by atoms with Gasteiger partial charge in [0, 0.05) is 30.8 Å². The molecule has 3 rings (SSSR count). The number of aliphatic hydroxyl groups is 1. The third kappa shape index (κ3) is 4.31. The number of aryl methyl sites for hydroxylation is 1. The number of aliphatic hydroxyl groups excluding tert-OH is 1. The third-order valence-corrected chi connectivity index (χ3v) is 4.78. The number of carbonyl (C=O) groups is 1. The highest BCUT2D eigenvalue weighted by Crippen LogP contribution is 2.24. The number of ether oxygens (including phenoxy) is 1. The second-order valence-electron chi connectivity index (χ2n) is 6.56. The topological polar surface area (TPSA) is 67.6 Å². The van der Waals surface area contributed by atoms with Gasteiger partial charge in [0.25, 0.3) is 0 Å². The maximum Gasteiger partial charge on any atom is 0.359 e. The van der Waals surface area contributed by atoms with Gasteiger partial charge in [0.15, 0.2) is 5.69 Å². The van der Waals surface area contributed by atoms with Crippen molar-refractivity contribution in [2.75, 3.05) is 26.3 Å². The SMILES string of the molecule is CCOC(=O)c1nn(CCO)c2c1CN(CCCc1ccccc1)CC2. The summed E-state index contributed by atoms with van der Waals surface area (Å²) in [5.41, 5.74) is 3.78. The van der Waals surface area contributed by atoms with E-state index in [2.05, 4.69) is 34.3 Å². The maximum atomic E-state index is 12.3. The maximum absolute atomic E-state index is 12.3. The number of hydrogen-bond donors (Lipinski definition) is 1. The van der Waals surface area contributed by atoms with Crippen LogP contribution < -0.4 is 0 Å². The fourth-order valence-corrected chi connectivity index (χ4v) is 3.53. The number of carbonyl (C=O) groups excluding carboxylic acids is 1. The third-order valence-electron chi connectivity index (χ3n) is 4.78. The van der Waals surface area contributed by atoms with Crippen LogP contribution in [0.5, 0.6) is 0 Å². The van der Waals surface area contributed by atoms with E-state index in [4.69, 9.17) is 4.74 Å². The number of benzene rings is 1. The molecule has 1 aliphatic rings. The number of esters is 1. The summed E-state index contributed by atoms with van der Waals surface area (Å²) < 4.78 is 6.93. The molecule has 26 heavy (non-hydrogen) atoms. The Balaban J connectivity index is 1.66. The number of nitrogens with zero attached hydrogens (tertiary/aromatic N) is 3. The lowest BCUT2D eigenvalue weighted by Gasteiger charge is -2.27. The molecule has 0 radical (unpaired) electrons. The Hall–Kier alpha value is -2.18. The Morgan fingerprint density at radius 3 is 2.81 bits per heavy atom. The van der Waals surface area contributed by atoms with Crippen molar-refractivity contribution in [1.29, 1.82) is 0 Å². The van der Waals surface area contributed by atoms with Crippen molar-refractivity contribution in [1.82, 2.24) is 14.7 Å². The van der Waals surface area contributed by atoms with Gasteiger partial charge in [0.1, 0.15) is 0 Å². The van der Waals surface area contributed by atoms with Crippen LogP contribution in [0, 0.1) is 0 Å². The number of rotatable bonds is 8. The molecule has 0 saturated carbocycles. The molecule has 0 amide bonds. The van der Waals surface area contributed by atoms with Gasteiger partial charge in [0.05, 0.1) is 19.8 Å². The first kappa shape index (κ1) is 18.6. The summed E-state index contributed by atoms with van der Waals surface area (Å²) in [7, 11) is 0. The highest BCUT2D eigenvalue weighted by Gasteiger charge is 2.28. The molecule has 6 nitrogen and oxygen atoms in total. The predicted molar refractivity (Wildman–Crippen MR) is 99.0 cm³/mol. The van der Waals surface area contributed by atoms with Crippen molar-refractivity contribution in [3.8, 4) is 0 Å². The molecule has 2 aromatic rings. The first-order chi connectivity index (χ1) is 12.7. The summed E-state index contributed by atoms with van der Waals surface area (Å²) in [6, 6.07) is 10.5. The molecule has 0 atom stereocenters. The van der Waals surface area contributed by atoms with Gasteiger partial charge >= 0.3 is 5.97 Å². The minimum atomic E-state index is -0.369. The summed E-state index contributed by atoms with van der Waals surface area (Å²) in [5.74, 6) is -0.369. The van der Waals surface area contributed by atoms with Gasteiger partial charge in [0.2, 0.25) is 0 Å². The van der Waals surface area contributed by atoms with Crippen LogP contribution in [0.2, 0.25) is 0 Å². The lowest BCUT2D eigenvalue weighted by molar-refractivity contribution is 0.0515. The zero-order valence-electron chi connectivity index (χ0n) is 15.4. The van der Waals surface area contributed by atoms with Crippen molar-refractivity contribution in [2.45, 2.75) is 39.3 Å².